The van der Waals surface area contributed by atoms with Crippen molar-refractivity contribution in [1.29, 1.82) is 0 Å². The van der Waals surface area contributed by atoms with E-state index in [1.54, 1.807) is 6.20 Å². The molecule has 328 valence electrons. The Balaban J connectivity index is 0.960. The first-order valence-corrected chi connectivity index (χ1v) is 24.0. The second-order valence-corrected chi connectivity index (χ2v) is 18.7. The van der Waals surface area contributed by atoms with Crippen LogP contribution >= 0.6 is 0 Å². The minimum absolute atomic E-state index is 0.644. The lowest BCUT2D eigenvalue weighted by atomic mass is 9.78. The zero-order valence-corrected chi connectivity index (χ0v) is 38.7. The Morgan fingerprint density at radius 2 is 0.700 bits per heavy atom. The van der Waals surface area contributed by atoms with E-state index in [9.17, 15) is 1.37 Å². The minimum Gasteiger partial charge on any atom is -0.437 e. The number of aromatic nitrogens is 2. The zero-order valence-electron chi connectivity index (χ0n) is 39.7. The molecule has 0 N–H and O–H groups in total. The van der Waals surface area contributed by atoms with Crippen LogP contribution in [0.2, 0.25) is 0 Å². The molecule has 12 aromatic rings. The second kappa shape index (κ2) is 15.8. The lowest BCUT2D eigenvalue weighted by Gasteiger charge is -2.25. The van der Waals surface area contributed by atoms with E-state index >= 15 is 0 Å². The standard InChI is InChI=1S/C67H44N2O/c1-40(2)64-44(23-11-24-45(64)42-30-34-56-58-27-13-35-68-65(58)57-22-10-9-18-50(57)49-17-5-8-21-53(49)63(56)38-42)41-29-32-54-55-33-31-43(46-25-12-26-59-60-28-14-36-69-67(60)70-66(46)59)39-62(55)52-20-7-4-16-48(52)47-15-3-6-19-51(47)61(54)37-41/h3-40H,1-2H3/i40D. The summed E-state index contributed by atoms with van der Waals surface area (Å²) in [5.41, 5.74) is 27.2. The average molecular weight is 894 g/mol. The summed E-state index contributed by atoms with van der Waals surface area (Å²) < 4.78 is 16.4. The van der Waals surface area contributed by atoms with Gasteiger partial charge in [0.1, 0.15) is 5.58 Å². The zero-order chi connectivity index (χ0) is 47.4. The highest BCUT2D eigenvalue weighted by molar-refractivity contribution is 6.10. The molecule has 9 aromatic carbocycles. The normalized spacial score (nSPS) is 12.3. The molecule has 2 aliphatic carbocycles. The van der Waals surface area contributed by atoms with Crippen LogP contribution in [0.25, 0.3) is 145 Å². The van der Waals surface area contributed by atoms with Gasteiger partial charge < -0.3 is 4.42 Å². The Morgan fingerprint density at radius 1 is 0.329 bits per heavy atom. The molecule has 0 bridgehead atoms. The van der Waals surface area contributed by atoms with E-state index < -0.39 is 5.89 Å². The molecule has 3 heterocycles. The first-order chi connectivity index (χ1) is 34.9. The molecule has 0 saturated heterocycles. The van der Waals surface area contributed by atoms with E-state index in [-0.39, 0.29) is 0 Å². The van der Waals surface area contributed by atoms with Crippen LogP contribution in [0.1, 0.15) is 26.7 Å². The number of fused-ring (bicyclic) bond motifs is 19. The molecule has 0 atom stereocenters. The maximum absolute atomic E-state index is 9.90. The number of benzene rings is 9. The lowest BCUT2D eigenvalue weighted by Crippen LogP contribution is -2.01. The van der Waals surface area contributed by atoms with Gasteiger partial charge in [-0.3, -0.25) is 4.98 Å². The fourth-order valence-corrected chi connectivity index (χ4v) is 11.6. The molecule has 2 aliphatic rings. The highest BCUT2D eigenvalue weighted by Crippen LogP contribution is 2.52. The van der Waals surface area contributed by atoms with Crippen LogP contribution in [0.3, 0.4) is 0 Å². The van der Waals surface area contributed by atoms with Gasteiger partial charge in [0.2, 0.25) is 5.71 Å². The van der Waals surface area contributed by atoms with Gasteiger partial charge in [-0.25, -0.2) is 4.98 Å². The van der Waals surface area contributed by atoms with Crippen LogP contribution in [0.4, 0.5) is 0 Å². The molecule has 0 saturated carbocycles. The number of hydrogen-bond donors (Lipinski definition) is 0. The molecule has 3 aromatic heterocycles. The summed E-state index contributed by atoms with van der Waals surface area (Å²) in [6, 6.07) is 76.8. The Labute approximate surface area is 408 Å². The molecular formula is C67H44N2O. The molecular weight excluding hydrogens is 849 g/mol. The first kappa shape index (κ1) is 39.1. The van der Waals surface area contributed by atoms with Crippen LogP contribution in [0.5, 0.6) is 0 Å². The van der Waals surface area contributed by atoms with Gasteiger partial charge in [-0.1, -0.05) is 190 Å². The van der Waals surface area contributed by atoms with Crippen molar-refractivity contribution in [3.63, 3.8) is 0 Å². The fraction of sp³-hybridized carbons (Fsp3) is 0.0448. The Bertz CT molecular complexity index is 4170. The number of nitrogens with zero attached hydrogens (tertiary/aromatic N) is 2. The van der Waals surface area contributed by atoms with Crippen molar-refractivity contribution in [2.45, 2.75) is 19.7 Å². The molecule has 0 radical (unpaired) electrons. The van der Waals surface area contributed by atoms with E-state index in [1.165, 1.54) is 38.9 Å². The minimum atomic E-state index is -0.952. The third kappa shape index (κ3) is 6.15. The van der Waals surface area contributed by atoms with E-state index in [0.29, 0.717) is 5.71 Å². The van der Waals surface area contributed by atoms with Gasteiger partial charge in [-0.05, 0) is 148 Å². The van der Waals surface area contributed by atoms with Crippen molar-refractivity contribution < 1.29 is 5.79 Å². The molecule has 14 rings (SSSR count). The Kier molecular flexibility index (Phi) is 8.85. The number of para-hydroxylation sites is 1. The van der Waals surface area contributed by atoms with Crippen molar-refractivity contribution in [3.05, 3.63) is 230 Å². The van der Waals surface area contributed by atoms with E-state index in [1.807, 2.05) is 32.2 Å². The molecule has 0 amide bonds. The van der Waals surface area contributed by atoms with Crippen molar-refractivity contribution in [3.8, 4) is 123 Å². The molecule has 70 heavy (non-hydrogen) atoms. The number of pyridine rings is 2. The van der Waals surface area contributed by atoms with Gasteiger partial charge in [0, 0.05) is 41.2 Å². The molecule has 0 spiro atoms. The van der Waals surface area contributed by atoms with Crippen molar-refractivity contribution in [2.75, 3.05) is 0 Å². The SMILES string of the molecule is [2H]C(C)(C)c1c(-c2ccc3c(c2)-c2ccccc2-c2ccccc2-c2cc(-c4cccc5c4oc4ncccc45)ccc2-3)cccc1-c1ccc2c(c1)-c1ccccc1-c1ccccc1-c1ncccc1-2. The van der Waals surface area contributed by atoms with Gasteiger partial charge in [0.05, 0.1) is 5.69 Å². The lowest BCUT2D eigenvalue weighted by molar-refractivity contribution is 0.655. The summed E-state index contributed by atoms with van der Waals surface area (Å²) in [4.78, 5) is 9.54. The van der Waals surface area contributed by atoms with E-state index in [0.717, 1.165) is 106 Å². The van der Waals surface area contributed by atoms with Crippen molar-refractivity contribution >= 4 is 22.1 Å². The maximum atomic E-state index is 9.90. The molecule has 0 unspecified atom stereocenters. The largest absolute Gasteiger partial charge is 0.437 e. The highest BCUT2D eigenvalue weighted by atomic mass is 16.3. The quantitative estimate of drug-likeness (QED) is 0.177. The van der Waals surface area contributed by atoms with Gasteiger partial charge in [0.25, 0.3) is 0 Å². The van der Waals surface area contributed by atoms with Crippen LogP contribution in [0.15, 0.2) is 229 Å². The topological polar surface area (TPSA) is 38.9 Å². The smallest absolute Gasteiger partial charge is 0.227 e. The Morgan fingerprint density at radius 3 is 1.24 bits per heavy atom. The van der Waals surface area contributed by atoms with Crippen molar-refractivity contribution in [1.82, 2.24) is 9.97 Å². The third-order valence-corrected chi connectivity index (χ3v) is 14.6. The number of hydrogen-bond acceptors (Lipinski definition) is 3. The Hall–Kier alpha value is -8.92. The van der Waals surface area contributed by atoms with Crippen LogP contribution in [-0.4, -0.2) is 9.97 Å². The highest BCUT2D eigenvalue weighted by Gasteiger charge is 2.27. The summed E-state index contributed by atoms with van der Waals surface area (Å²) in [7, 11) is 0. The van der Waals surface area contributed by atoms with E-state index in [2.05, 4.69) is 205 Å². The van der Waals surface area contributed by atoms with E-state index in [4.69, 9.17) is 9.40 Å². The summed E-state index contributed by atoms with van der Waals surface area (Å²) >= 11 is 0. The van der Waals surface area contributed by atoms with Gasteiger partial charge >= 0.3 is 0 Å². The average Bonchev–Trinajstić information content (AvgIpc) is 3.81. The van der Waals surface area contributed by atoms with Crippen LogP contribution in [0, 0.1) is 0 Å². The molecule has 3 heteroatoms. The molecule has 3 nitrogen and oxygen atoms in total. The predicted octanol–water partition coefficient (Wildman–Crippen LogP) is 18.5. The fourth-order valence-electron chi connectivity index (χ4n) is 11.6. The third-order valence-electron chi connectivity index (χ3n) is 14.6. The summed E-state index contributed by atoms with van der Waals surface area (Å²) in [6.45, 7) is 4.04. The summed E-state index contributed by atoms with van der Waals surface area (Å²) in [5.74, 6) is -0.952. The molecule has 0 fully saturated rings. The number of rotatable bonds is 4. The monoisotopic (exact) mass is 893 g/mol. The van der Waals surface area contributed by atoms with Crippen molar-refractivity contribution in [2.24, 2.45) is 0 Å². The summed E-state index contributed by atoms with van der Waals surface area (Å²) in [6.07, 6.45) is 3.68. The summed E-state index contributed by atoms with van der Waals surface area (Å²) in [5, 5.41) is 2.07. The second-order valence-electron chi connectivity index (χ2n) is 18.7. The van der Waals surface area contributed by atoms with Crippen LogP contribution < -0.4 is 0 Å². The van der Waals surface area contributed by atoms with Gasteiger partial charge in [-0.15, -0.1) is 0 Å². The maximum Gasteiger partial charge on any atom is 0.227 e. The predicted molar refractivity (Wildman–Crippen MR) is 290 cm³/mol. The number of furan rings is 1. The first-order valence-electron chi connectivity index (χ1n) is 24.5. The van der Waals surface area contributed by atoms with Gasteiger partial charge in [-0.2, -0.15) is 0 Å². The van der Waals surface area contributed by atoms with Gasteiger partial charge in [0.15, 0.2) is 0 Å². The molecule has 0 aliphatic heterocycles. The van der Waals surface area contributed by atoms with Crippen LogP contribution in [-0.2, 0) is 0 Å².